The van der Waals surface area contributed by atoms with Gasteiger partial charge in [-0.25, -0.2) is 0 Å². The average molecular weight is 302 g/mol. The van der Waals surface area contributed by atoms with Crippen LogP contribution in [0, 0.1) is 5.41 Å². The fourth-order valence-corrected chi connectivity index (χ4v) is 4.84. The molecule has 0 radical (unpaired) electrons. The zero-order valence-electron chi connectivity index (χ0n) is 12.3. The van der Waals surface area contributed by atoms with Crippen LogP contribution in [0.15, 0.2) is 24.4 Å². The van der Waals surface area contributed by atoms with E-state index in [1.807, 2.05) is 23.6 Å². The van der Waals surface area contributed by atoms with Gasteiger partial charge in [0.05, 0.1) is 10.6 Å². The van der Waals surface area contributed by atoms with Crippen LogP contribution in [-0.4, -0.2) is 41.3 Å². The van der Waals surface area contributed by atoms with Gasteiger partial charge < -0.3 is 5.32 Å². The van der Waals surface area contributed by atoms with Crippen LogP contribution in [0.25, 0.3) is 10.6 Å². The third kappa shape index (κ3) is 2.78. The fraction of sp³-hybridized carbons (Fsp3) is 0.562. The Hall–Kier alpha value is -1.17. The molecule has 4 rings (SSSR count). The van der Waals surface area contributed by atoms with Crippen molar-refractivity contribution in [1.82, 2.24) is 20.4 Å². The second-order valence-electron chi connectivity index (χ2n) is 6.48. The third-order valence-electron chi connectivity index (χ3n) is 4.88. The lowest BCUT2D eigenvalue weighted by Crippen LogP contribution is -2.43. The quantitative estimate of drug-likeness (QED) is 0.916. The number of aromatic nitrogens is 2. The van der Waals surface area contributed by atoms with Gasteiger partial charge in [-0.1, -0.05) is 0 Å². The molecule has 4 nitrogen and oxygen atoms in total. The highest BCUT2D eigenvalue weighted by molar-refractivity contribution is 7.15. The molecule has 0 saturated carbocycles. The van der Waals surface area contributed by atoms with Gasteiger partial charge >= 0.3 is 0 Å². The van der Waals surface area contributed by atoms with Gasteiger partial charge in [0.1, 0.15) is 0 Å². The molecule has 2 saturated heterocycles. The van der Waals surface area contributed by atoms with Crippen molar-refractivity contribution in [2.45, 2.75) is 25.8 Å². The van der Waals surface area contributed by atoms with E-state index in [2.05, 4.69) is 32.5 Å². The first-order valence-electron chi connectivity index (χ1n) is 7.85. The van der Waals surface area contributed by atoms with E-state index in [1.165, 1.54) is 55.2 Å². The second kappa shape index (κ2) is 5.55. The first-order chi connectivity index (χ1) is 10.3. The smallest absolute Gasteiger partial charge is 0.0749 e. The Kier molecular flexibility index (Phi) is 3.57. The summed E-state index contributed by atoms with van der Waals surface area (Å²) in [4.78, 5) is 5.40. The van der Waals surface area contributed by atoms with Crippen molar-refractivity contribution in [1.29, 1.82) is 0 Å². The third-order valence-corrected chi connectivity index (χ3v) is 5.98. The van der Waals surface area contributed by atoms with Gasteiger partial charge in [0, 0.05) is 30.7 Å². The summed E-state index contributed by atoms with van der Waals surface area (Å²) < 4.78 is 0. The molecule has 0 aliphatic carbocycles. The Balaban J connectivity index is 1.44. The van der Waals surface area contributed by atoms with E-state index in [0.717, 1.165) is 12.2 Å². The molecule has 0 aromatic carbocycles. The number of hydrogen-bond donors (Lipinski definition) is 2. The van der Waals surface area contributed by atoms with Gasteiger partial charge in [-0.2, -0.15) is 5.10 Å². The molecule has 1 atom stereocenters. The lowest BCUT2D eigenvalue weighted by Gasteiger charge is -2.39. The lowest BCUT2D eigenvalue weighted by molar-refractivity contribution is 0.0986. The highest BCUT2D eigenvalue weighted by atomic mass is 32.1. The molecule has 5 heteroatoms. The molecule has 4 heterocycles. The lowest BCUT2D eigenvalue weighted by atomic mass is 9.79. The maximum absolute atomic E-state index is 4.04. The van der Waals surface area contributed by atoms with E-state index in [9.17, 15) is 0 Å². The van der Waals surface area contributed by atoms with E-state index in [-0.39, 0.29) is 0 Å². The summed E-state index contributed by atoms with van der Waals surface area (Å²) in [6, 6.07) is 6.52. The highest BCUT2D eigenvalue weighted by Crippen LogP contribution is 2.36. The number of piperidine rings is 1. The summed E-state index contributed by atoms with van der Waals surface area (Å²) in [5.74, 6) is 0. The Morgan fingerprint density at radius 3 is 3.10 bits per heavy atom. The van der Waals surface area contributed by atoms with Crippen molar-refractivity contribution in [3.8, 4) is 10.6 Å². The van der Waals surface area contributed by atoms with Crippen molar-refractivity contribution >= 4 is 11.3 Å². The van der Waals surface area contributed by atoms with Crippen molar-refractivity contribution in [2.24, 2.45) is 5.41 Å². The molecule has 2 aliphatic heterocycles. The largest absolute Gasteiger partial charge is 0.316 e. The van der Waals surface area contributed by atoms with E-state index in [4.69, 9.17) is 0 Å². The van der Waals surface area contributed by atoms with Gasteiger partial charge in [0.15, 0.2) is 0 Å². The summed E-state index contributed by atoms with van der Waals surface area (Å²) in [6.45, 7) is 6.03. The molecule has 0 amide bonds. The van der Waals surface area contributed by atoms with Gasteiger partial charge in [0.25, 0.3) is 0 Å². The number of likely N-dealkylation sites (tertiary alicyclic amines) is 1. The van der Waals surface area contributed by atoms with Crippen LogP contribution in [0.5, 0.6) is 0 Å². The highest BCUT2D eigenvalue weighted by Gasteiger charge is 2.37. The zero-order valence-corrected chi connectivity index (χ0v) is 13.1. The van der Waals surface area contributed by atoms with Crippen LogP contribution in [0.3, 0.4) is 0 Å². The van der Waals surface area contributed by atoms with Crippen LogP contribution in [0.4, 0.5) is 0 Å². The van der Waals surface area contributed by atoms with Crippen LogP contribution < -0.4 is 5.32 Å². The summed E-state index contributed by atoms with van der Waals surface area (Å²) in [5, 5.41) is 10.6. The molecule has 21 heavy (non-hydrogen) atoms. The van der Waals surface area contributed by atoms with Gasteiger partial charge in [-0.3, -0.25) is 10.00 Å². The Bertz CT molecular complexity index is 583. The Morgan fingerprint density at radius 1 is 1.29 bits per heavy atom. The molecule has 0 bridgehead atoms. The molecular formula is C16H22N4S. The second-order valence-corrected chi connectivity index (χ2v) is 7.65. The number of hydrogen-bond acceptors (Lipinski definition) is 4. The standard InChI is InChI=1S/C16H22N4S/c1-5-16(6-8-17-11-16)12-20(9-1)10-13-2-3-15(21-13)14-4-7-18-19-14/h2-4,7,17H,1,5-6,8-12H2,(H,18,19)/t16-/m0/s1. The number of aromatic amines is 1. The Morgan fingerprint density at radius 2 is 2.29 bits per heavy atom. The van der Waals surface area contributed by atoms with E-state index in [0.29, 0.717) is 5.41 Å². The number of H-pyrrole nitrogens is 1. The van der Waals surface area contributed by atoms with Crippen molar-refractivity contribution < 1.29 is 0 Å². The average Bonchev–Trinajstić information content (AvgIpc) is 3.20. The normalized spacial score (nSPS) is 26.7. The molecule has 1 spiro atoms. The number of rotatable bonds is 3. The van der Waals surface area contributed by atoms with Gasteiger partial charge in [0.2, 0.25) is 0 Å². The first kappa shape index (κ1) is 13.5. The minimum Gasteiger partial charge on any atom is -0.316 e. The van der Waals surface area contributed by atoms with Crippen LogP contribution in [0.2, 0.25) is 0 Å². The summed E-state index contributed by atoms with van der Waals surface area (Å²) in [5.41, 5.74) is 1.68. The molecular weight excluding hydrogens is 280 g/mol. The number of nitrogens with zero attached hydrogens (tertiary/aromatic N) is 2. The molecule has 2 aromatic heterocycles. The molecule has 2 fully saturated rings. The number of thiophene rings is 1. The predicted molar refractivity (Wildman–Crippen MR) is 86.3 cm³/mol. The summed E-state index contributed by atoms with van der Waals surface area (Å²) in [6.07, 6.45) is 5.92. The fourth-order valence-electron chi connectivity index (χ4n) is 3.81. The van der Waals surface area contributed by atoms with Crippen LogP contribution >= 0.6 is 11.3 Å². The van der Waals surface area contributed by atoms with Gasteiger partial charge in [-0.15, -0.1) is 11.3 Å². The maximum Gasteiger partial charge on any atom is 0.0749 e. The molecule has 0 unspecified atom stereocenters. The number of nitrogens with one attached hydrogen (secondary N) is 2. The Labute approximate surface area is 129 Å². The van der Waals surface area contributed by atoms with E-state index < -0.39 is 0 Å². The zero-order chi connectivity index (χ0) is 14.1. The molecule has 2 aromatic rings. The van der Waals surface area contributed by atoms with Gasteiger partial charge in [-0.05, 0) is 56.0 Å². The summed E-state index contributed by atoms with van der Waals surface area (Å²) in [7, 11) is 0. The van der Waals surface area contributed by atoms with E-state index >= 15 is 0 Å². The maximum atomic E-state index is 4.04. The van der Waals surface area contributed by atoms with Crippen LogP contribution in [-0.2, 0) is 6.54 Å². The molecule has 2 aliphatic rings. The summed E-state index contributed by atoms with van der Waals surface area (Å²) >= 11 is 1.89. The van der Waals surface area contributed by atoms with E-state index in [1.54, 1.807) is 0 Å². The molecule has 112 valence electrons. The topological polar surface area (TPSA) is 44.0 Å². The first-order valence-corrected chi connectivity index (χ1v) is 8.66. The monoisotopic (exact) mass is 302 g/mol. The minimum absolute atomic E-state index is 0.557. The predicted octanol–water partition coefficient (Wildman–Crippen LogP) is 2.71. The van der Waals surface area contributed by atoms with Crippen molar-refractivity contribution in [3.05, 3.63) is 29.3 Å². The SMILES string of the molecule is c1cc(-c2ccc(CN3CCC[C@@]4(CCNC4)C3)s2)[nH]n1. The van der Waals surface area contributed by atoms with Crippen molar-refractivity contribution in [3.63, 3.8) is 0 Å². The van der Waals surface area contributed by atoms with Crippen molar-refractivity contribution in [2.75, 3.05) is 26.2 Å². The van der Waals surface area contributed by atoms with Crippen LogP contribution in [0.1, 0.15) is 24.1 Å². The minimum atomic E-state index is 0.557. The molecule has 2 N–H and O–H groups in total.